The lowest BCUT2D eigenvalue weighted by molar-refractivity contribution is -0.904. The lowest BCUT2D eigenvalue weighted by Gasteiger charge is -2.35. The van der Waals surface area contributed by atoms with E-state index in [-0.39, 0.29) is 0 Å². The molecule has 3 aromatic rings. The van der Waals surface area contributed by atoms with Crippen molar-refractivity contribution in [3.63, 3.8) is 0 Å². The molecule has 0 spiro atoms. The number of hydrogen-bond acceptors (Lipinski definition) is 2. The van der Waals surface area contributed by atoms with Gasteiger partial charge in [0.25, 0.3) is 0 Å². The summed E-state index contributed by atoms with van der Waals surface area (Å²) in [6.45, 7) is 13.5. The molecule has 3 N–H and O–H groups in total. The van der Waals surface area contributed by atoms with Crippen molar-refractivity contribution in [2.24, 2.45) is 0 Å². The van der Waals surface area contributed by atoms with Crippen LogP contribution in [0.25, 0.3) is 10.9 Å². The van der Waals surface area contributed by atoms with Gasteiger partial charge in [-0.3, -0.25) is 0 Å². The fourth-order valence-corrected chi connectivity index (χ4v) is 4.62. The summed E-state index contributed by atoms with van der Waals surface area (Å²) in [5.74, 6) is 0. The first-order valence-electron chi connectivity index (χ1n) is 10.4. The lowest BCUT2D eigenvalue weighted by Crippen LogP contribution is -3.15. The van der Waals surface area contributed by atoms with Crippen LogP contribution in [-0.2, 0) is 0 Å². The average Bonchev–Trinajstić information content (AvgIpc) is 2.99. The number of hydrogen-bond donors (Lipinski definition) is 3. The number of benzene rings is 2. The third-order valence-electron chi connectivity index (χ3n) is 6.39. The summed E-state index contributed by atoms with van der Waals surface area (Å²) in [5.41, 5.74) is 8.62. The molecule has 1 atom stereocenters. The van der Waals surface area contributed by atoms with Crippen LogP contribution in [0, 0.1) is 27.7 Å². The topological polar surface area (TPSA) is 43.7 Å². The number of aromatic amines is 1. The first kappa shape index (κ1) is 19.0. The monoisotopic (exact) mass is 378 g/mol. The first-order valence-corrected chi connectivity index (χ1v) is 10.4. The molecule has 1 aliphatic rings. The Balaban J connectivity index is 1.44. The molecule has 2 aromatic carbocycles. The summed E-state index contributed by atoms with van der Waals surface area (Å²) in [7, 11) is 0. The maximum absolute atomic E-state index is 11.0. The summed E-state index contributed by atoms with van der Waals surface area (Å²) in [6.07, 6.45) is -0.432. The summed E-state index contributed by atoms with van der Waals surface area (Å²) in [6, 6.07) is 13.0. The molecule has 28 heavy (non-hydrogen) atoms. The van der Waals surface area contributed by atoms with Gasteiger partial charge < -0.3 is 19.9 Å². The number of H-pyrrole nitrogens is 1. The molecule has 0 saturated carbocycles. The largest absolute Gasteiger partial charge is 0.382 e. The quantitative estimate of drug-likeness (QED) is 0.654. The molecule has 4 rings (SSSR count). The van der Waals surface area contributed by atoms with Gasteiger partial charge in [-0.1, -0.05) is 24.3 Å². The Morgan fingerprint density at radius 3 is 2.57 bits per heavy atom. The maximum Gasteiger partial charge on any atom is 0.130 e. The molecule has 4 heteroatoms. The lowest BCUT2D eigenvalue weighted by atomic mass is 10.0. The third-order valence-corrected chi connectivity index (χ3v) is 6.39. The molecule has 2 heterocycles. The van der Waals surface area contributed by atoms with Crippen molar-refractivity contribution in [2.45, 2.75) is 33.8 Å². The zero-order valence-electron chi connectivity index (χ0n) is 17.5. The second-order valence-corrected chi connectivity index (χ2v) is 8.39. The number of nitrogens with zero attached hydrogens (tertiary/aromatic N) is 1. The second-order valence-electron chi connectivity index (χ2n) is 8.39. The molecular weight excluding hydrogens is 346 g/mol. The van der Waals surface area contributed by atoms with E-state index in [4.69, 9.17) is 0 Å². The van der Waals surface area contributed by atoms with Gasteiger partial charge in [-0.25, -0.2) is 0 Å². The van der Waals surface area contributed by atoms with Crippen LogP contribution in [0.4, 0.5) is 5.69 Å². The number of rotatable bonds is 4. The predicted octanol–water partition coefficient (Wildman–Crippen LogP) is 2.84. The van der Waals surface area contributed by atoms with Crippen molar-refractivity contribution in [1.29, 1.82) is 0 Å². The molecule has 0 bridgehead atoms. The highest BCUT2D eigenvalue weighted by Crippen LogP contribution is 2.28. The summed E-state index contributed by atoms with van der Waals surface area (Å²) < 4.78 is 0. The molecule has 0 aliphatic carbocycles. The number of aliphatic hydroxyl groups is 1. The molecule has 0 amide bonds. The second kappa shape index (κ2) is 7.61. The van der Waals surface area contributed by atoms with E-state index in [0.717, 1.165) is 54.9 Å². The van der Waals surface area contributed by atoms with Gasteiger partial charge in [-0.2, -0.15) is 0 Å². The highest BCUT2D eigenvalue weighted by Gasteiger charge is 2.26. The van der Waals surface area contributed by atoms with E-state index in [1.165, 1.54) is 27.3 Å². The SMILES string of the molecule is Cc1ccc2c([C@@H](O)C[NH+]3CCN(c4cccc(C)c4C)CC3)c(C)[nH]c2c1. The minimum atomic E-state index is -0.432. The summed E-state index contributed by atoms with van der Waals surface area (Å²) in [4.78, 5) is 7.43. The van der Waals surface area contributed by atoms with Crippen LogP contribution in [0.15, 0.2) is 36.4 Å². The maximum atomic E-state index is 11.0. The van der Waals surface area contributed by atoms with Crippen LogP contribution in [0.5, 0.6) is 0 Å². The molecule has 0 unspecified atom stereocenters. The molecule has 1 aromatic heterocycles. The van der Waals surface area contributed by atoms with Gasteiger partial charge >= 0.3 is 0 Å². The van der Waals surface area contributed by atoms with Gasteiger partial charge in [0.1, 0.15) is 12.6 Å². The van der Waals surface area contributed by atoms with Gasteiger partial charge in [0.15, 0.2) is 0 Å². The number of nitrogens with one attached hydrogen (secondary N) is 2. The molecular formula is C24H32N3O+. The zero-order valence-corrected chi connectivity index (χ0v) is 17.5. The highest BCUT2D eigenvalue weighted by atomic mass is 16.3. The summed E-state index contributed by atoms with van der Waals surface area (Å²) >= 11 is 0. The Morgan fingerprint density at radius 2 is 1.82 bits per heavy atom. The number of fused-ring (bicyclic) bond motifs is 1. The van der Waals surface area contributed by atoms with Gasteiger partial charge in [-0.15, -0.1) is 0 Å². The smallest absolute Gasteiger partial charge is 0.130 e. The normalized spacial score (nSPS) is 16.7. The number of anilines is 1. The minimum absolute atomic E-state index is 0.432. The zero-order chi connectivity index (χ0) is 19.8. The molecule has 0 radical (unpaired) electrons. The Kier molecular flexibility index (Phi) is 5.17. The number of aliphatic hydroxyl groups excluding tert-OH is 1. The van der Waals surface area contributed by atoms with Gasteiger partial charge in [0.2, 0.25) is 0 Å². The van der Waals surface area contributed by atoms with Crippen LogP contribution >= 0.6 is 0 Å². The third kappa shape index (κ3) is 3.54. The van der Waals surface area contributed by atoms with Gasteiger partial charge in [0, 0.05) is 27.8 Å². The van der Waals surface area contributed by atoms with E-state index < -0.39 is 6.10 Å². The van der Waals surface area contributed by atoms with Crippen molar-refractivity contribution < 1.29 is 10.0 Å². The van der Waals surface area contributed by atoms with E-state index in [9.17, 15) is 5.11 Å². The molecule has 1 aliphatic heterocycles. The molecule has 4 nitrogen and oxygen atoms in total. The molecule has 1 saturated heterocycles. The van der Waals surface area contributed by atoms with E-state index in [1.807, 2.05) is 0 Å². The van der Waals surface area contributed by atoms with E-state index >= 15 is 0 Å². The minimum Gasteiger partial charge on any atom is -0.382 e. The van der Waals surface area contributed by atoms with Crippen molar-refractivity contribution in [3.05, 3.63) is 64.3 Å². The Bertz CT molecular complexity index is 983. The fourth-order valence-electron chi connectivity index (χ4n) is 4.62. The van der Waals surface area contributed by atoms with E-state index in [2.05, 4.69) is 74.0 Å². The highest BCUT2D eigenvalue weighted by molar-refractivity contribution is 5.85. The fraction of sp³-hybridized carbons (Fsp3) is 0.417. The van der Waals surface area contributed by atoms with Crippen LogP contribution < -0.4 is 9.80 Å². The Morgan fingerprint density at radius 1 is 1.07 bits per heavy atom. The van der Waals surface area contributed by atoms with E-state index in [0.29, 0.717) is 0 Å². The van der Waals surface area contributed by atoms with Crippen molar-refractivity contribution >= 4 is 16.6 Å². The molecule has 148 valence electrons. The van der Waals surface area contributed by atoms with Crippen molar-refractivity contribution in [1.82, 2.24) is 4.98 Å². The number of aromatic nitrogens is 1. The average molecular weight is 379 g/mol. The van der Waals surface area contributed by atoms with Crippen LogP contribution in [0.1, 0.15) is 34.1 Å². The van der Waals surface area contributed by atoms with Gasteiger partial charge in [-0.05, 0) is 56.5 Å². The number of piperazine rings is 1. The van der Waals surface area contributed by atoms with Crippen molar-refractivity contribution in [3.8, 4) is 0 Å². The Hall–Kier alpha value is -2.30. The van der Waals surface area contributed by atoms with Crippen LogP contribution in [-0.4, -0.2) is 42.8 Å². The predicted molar refractivity (Wildman–Crippen MR) is 116 cm³/mol. The van der Waals surface area contributed by atoms with Crippen LogP contribution in [0.3, 0.4) is 0 Å². The number of aryl methyl sites for hydroxylation is 3. The van der Waals surface area contributed by atoms with Gasteiger partial charge in [0.05, 0.1) is 26.2 Å². The molecule has 1 fully saturated rings. The standard InChI is InChI=1S/C24H31N3O/c1-16-8-9-20-21(14-16)25-19(4)24(20)23(28)15-26-10-12-27(13-11-26)22-7-5-6-17(2)18(22)3/h5-9,14,23,25,28H,10-13,15H2,1-4H3/p+1/t23-/m0/s1. The first-order chi connectivity index (χ1) is 13.4. The van der Waals surface area contributed by atoms with Crippen LogP contribution in [0.2, 0.25) is 0 Å². The Labute approximate surface area is 167 Å². The van der Waals surface area contributed by atoms with E-state index in [1.54, 1.807) is 0 Å². The summed E-state index contributed by atoms with van der Waals surface area (Å²) in [5, 5.41) is 12.2. The van der Waals surface area contributed by atoms with Crippen molar-refractivity contribution in [2.75, 3.05) is 37.6 Å². The number of quaternary nitrogens is 1.